The van der Waals surface area contributed by atoms with Gasteiger partial charge in [-0.15, -0.1) is 0 Å². The zero-order chi connectivity index (χ0) is 13.7. The Bertz CT molecular complexity index is 237. The second kappa shape index (κ2) is 7.37. The monoisotopic (exact) mass is 263 g/mol. The second-order valence-electron chi connectivity index (χ2n) is 4.85. The van der Waals surface area contributed by atoms with E-state index in [1.807, 2.05) is 0 Å². The zero-order valence-corrected chi connectivity index (χ0v) is 11.0. The molecule has 0 aromatic heterocycles. The Morgan fingerprint density at radius 1 is 1.11 bits per heavy atom. The number of hydrogen-bond donors (Lipinski definition) is 5. The average molecular weight is 263 g/mol. The van der Waals surface area contributed by atoms with E-state index in [1.165, 1.54) is 0 Å². The van der Waals surface area contributed by atoms with Crippen LogP contribution in [-0.2, 0) is 4.74 Å². The van der Waals surface area contributed by atoms with Crippen molar-refractivity contribution in [3.63, 3.8) is 0 Å². The van der Waals surface area contributed by atoms with Crippen molar-refractivity contribution in [3.8, 4) is 0 Å². The molecule has 5 atom stereocenters. The highest BCUT2D eigenvalue weighted by atomic mass is 16.6. The van der Waals surface area contributed by atoms with Gasteiger partial charge in [0.2, 0.25) is 0 Å². The molecule has 108 valence electrons. The number of nitrogens with one attached hydrogen (secondary N) is 1. The van der Waals surface area contributed by atoms with Gasteiger partial charge in [-0.05, 0) is 12.5 Å². The fraction of sp³-hybridized carbons (Fsp3) is 1.00. The third kappa shape index (κ3) is 3.63. The minimum Gasteiger partial charge on any atom is -0.394 e. The molecule has 1 rings (SSSR count). The van der Waals surface area contributed by atoms with Crippen LogP contribution in [0.3, 0.4) is 0 Å². The topological polar surface area (TPSA) is 102 Å². The number of aliphatic hydroxyl groups excluding tert-OH is 4. The van der Waals surface area contributed by atoms with Gasteiger partial charge in [0.05, 0.1) is 12.6 Å². The molecular weight excluding hydrogens is 238 g/mol. The van der Waals surface area contributed by atoms with Gasteiger partial charge in [0.1, 0.15) is 18.3 Å². The van der Waals surface area contributed by atoms with E-state index in [0.29, 0.717) is 12.5 Å². The van der Waals surface area contributed by atoms with Crippen molar-refractivity contribution in [3.05, 3.63) is 0 Å². The maximum absolute atomic E-state index is 9.90. The predicted octanol–water partition coefficient (Wildman–Crippen LogP) is -1.19. The van der Waals surface area contributed by atoms with Gasteiger partial charge in [-0.3, -0.25) is 0 Å². The quantitative estimate of drug-likeness (QED) is 0.413. The van der Waals surface area contributed by atoms with Crippen LogP contribution in [0.5, 0.6) is 0 Å². The Hall–Kier alpha value is -0.240. The van der Waals surface area contributed by atoms with Crippen LogP contribution >= 0.6 is 0 Å². The molecule has 18 heavy (non-hydrogen) atoms. The van der Waals surface area contributed by atoms with Crippen LogP contribution in [0.4, 0.5) is 0 Å². The van der Waals surface area contributed by atoms with Crippen molar-refractivity contribution in [2.45, 2.75) is 57.3 Å². The largest absolute Gasteiger partial charge is 0.394 e. The molecule has 0 spiro atoms. The summed E-state index contributed by atoms with van der Waals surface area (Å²) in [4.78, 5) is 0. The Labute approximate surface area is 108 Å². The third-order valence-electron chi connectivity index (χ3n) is 3.70. The fourth-order valence-electron chi connectivity index (χ4n) is 2.20. The van der Waals surface area contributed by atoms with Crippen molar-refractivity contribution in [2.24, 2.45) is 5.92 Å². The maximum Gasteiger partial charge on any atom is 0.173 e. The zero-order valence-electron chi connectivity index (χ0n) is 11.0. The number of ether oxygens (including phenoxy) is 1. The van der Waals surface area contributed by atoms with Crippen LogP contribution in [-0.4, -0.2) is 64.2 Å². The van der Waals surface area contributed by atoms with E-state index in [9.17, 15) is 15.3 Å². The number of aliphatic hydroxyl groups is 4. The normalized spacial score (nSPS) is 37.2. The van der Waals surface area contributed by atoms with Crippen molar-refractivity contribution in [2.75, 3.05) is 13.2 Å². The first-order valence-electron chi connectivity index (χ1n) is 6.58. The lowest BCUT2D eigenvalue weighted by Gasteiger charge is -2.40. The minimum atomic E-state index is -1.23. The Balaban J connectivity index is 2.54. The summed E-state index contributed by atoms with van der Waals surface area (Å²) in [6.07, 6.45) is -2.51. The molecule has 0 bridgehead atoms. The van der Waals surface area contributed by atoms with Gasteiger partial charge in [0.15, 0.2) is 6.29 Å². The molecule has 1 fully saturated rings. The smallest absolute Gasteiger partial charge is 0.173 e. The standard InChI is InChI=1S/C12H25NO5/c1-3-7(4-2)5-13-9-11(16)10(15)8(6-14)18-12(9)17/h7-17H,3-6H2,1-2H3/t8-,9-,10-,11-,12-/m1/s1. The van der Waals surface area contributed by atoms with Gasteiger partial charge in [-0.25, -0.2) is 0 Å². The highest BCUT2D eigenvalue weighted by Crippen LogP contribution is 2.20. The molecule has 0 saturated carbocycles. The van der Waals surface area contributed by atoms with Gasteiger partial charge in [-0.1, -0.05) is 26.7 Å². The summed E-state index contributed by atoms with van der Waals surface area (Å²) in [5.41, 5.74) is 0. The molecule has 0 aromatic rings. The van der Waals surface area contributed by atoms with Crippen LogP contribution < -0.4 is 5.32 Å². The van der Waals surface area contributed by atoms with Gasteiger partial charge >= 0.3 is 0 Å². The van der Waals surface area contributed by atoms with E-state index in [2.05, 4.69) is 19.2 Å². The molecule has 6 heteroatoms. The molecular formula is C12H25NO5. The Morgan fingerprint density at radius 2 is 1.72 bits per heavy atom. The van der Waals surface area contributed by atoms with Crippen LogP contribution in [0.25, 0.3) is 0 Å². The molecule has 0 aromatic carbocycles. The summed E-state index contributed by atoms with van der Waals surface area (Å²) in [6.45, 7) is 4.37. The molecule has 0 radical (unpaired) electrons. The van der Waals surface area contributed by atoms with Crippen LogP contribution in [0, 0.1) is 5.92 Å². The van der Waals surface area contributed by atoms with Crippen molar-refractivity contribution in [1.29, 1.82) is 0 Å². The predicted molar refractivity (Wildman–Crippen MR) is 65.8 cm³/mol. The maximum atomic E-state index is 9.90. The second-order valence-corrected chi connectivity index (χ2v) is 4.85. The average Bonchev–Trinajstić information content (AvgIpc) is 2.38. The van der Waals surface area contributed by atoms with E-state index in [-0.39, 0.29) is 0 Å². The first-order valence-corrected chi connectivity index (χ1v) is 6.58. The van der Waals surface area contributed by atoms with Crippen molar-refractivity contribution in [1.82, 2.24) is 5.32 Å². The van der Waals surface area contributed by atoms with Gasteiger partial charge in [-0.2, -0.15) is 0 Å². The minimum absolute atomic E-state index is 0.436. The van der Waals surface area contributed by atoms with Crippen molar-refractivity contribution >= 4 is 0 Å². The first kappa shape index (κ1) is 15.8. The van der Waals surface area contributed by atoms with E-state index in [0.717, 1.165) is 12.8 Å². The van der Waals surface area contributed by atoms with E-state index in [1.54, 1.807) is 0 Å². The molecule has 1 heterocycles. The first-order chi connectivity index (χ1) is 8.54. The summed E-state index contributed by atoms with van der Waals surface area (Å²) in [7, 11) is 0. The van der Waals surface area contributed by atoms with Crippen molar-refractivity contribution < 1.29 is 25.2 Å². The summed E-state index contributed by atoms with van der Waals surface area (Å²) < 4.78 is 5.06. The SMILES string of the molecule is CCC(CC)CN[C@@H]1[C@@H](O)[C@H](O)[C@@H](CO)O[C@H]1O. The van der Waals surface area contributed by atoms with Crippen LogP contribution in [0.1, 0.15) is 26.7 Å². The summed E-state index contributed by atoms with van der Waals surface area (Å²) in [5.74, 6) is 0.456. The Kier molecular flexibility index (Phi) is 6.48. The highest BCUT2D eigenvalue weighted by molar-refractivity contribution is 4.92. The molecule has 0 amide bonds. The summed E-state index contributed by atoms with van der Waals surface area (Å²) in [5, 5.41) is 41.4. The third-order valence-corrected chi connectivity index (χ3v) is 3.70. The molecule has 1 aliphatic heterocycles. The summed E-state index contributed by atoms with van der Waals surface area (Å²) >= 11 is 0. The van der Waals surface area contributed by atoms with E-state index in [4.69, 9.17) is 9.84 Å². The summed E-state index contributed by atoms with van der Waals surface area (Å²) in [6, 6.07) is -0.733. The van der Waals surface area contributed by atoms with E-state index < -0.39 is 37.3 Å². The number of hydrogen-bond acceptors (Lipinski definition) is 6. The van der Waals surface area contributed by atoms with Crippen LogP contribution in [0.15, 0.2) is 0 Å². The molecule has 0 unspecified atom stereocenters. The van der Waals surface area contributed by atoms with Gasteiger partial charge in [0, 0.05) is 0 Å². The van der Waals surface area contributed by atoms with Gasteiger partial charge in [0.25, 0.3) is 0 Å². The fourth-order valence-corrected chi connectivity index (χ4v) is 2.20. The Morgan fingerprint density at radius 3 is 2.22 bits per heavy atom. The number of rotatable bonds is 6. The molecule has 5 N–H and O–H groups in total. The lowest BCUT2D eigenvalue weighted by Crippen LogP contribution is -2.63. The lowest BCUT2D eigenvalue weighted by atomic mass is 9.96. The van der Waals surface area contributed by atoms with Crippen LogP contribution in [0.2, 0.25) is 0 Å². The lowest BCUT2D eigenvalue weighted by molar-refractivity contribution is -0.254. The van der Waals surface area contributed by atoms with Gasteiger partial charge < -0.3 is 30.5 Å². The molecule has 1 aliphatic rings. The highest BCUT2D eigenvalue weighted by Gasteiger charge is 2.43. The van der Waals surface area contributed by atoms with E-state index >= 15 is 0 Å². The molecule has 1 saturated heterocycles. The molecule has 6 nitrogen and oxygen atoms in total. The molecule has 0 aliphatic carbocycles.